The Morgan fingerprint density at radius 2 is 2.00 bits per heavy atom. The number of hydrogen-bond donors (Lipinski definition) is 0. The first-order valence-corrected chi connectivity index (χ1v) is 6.91. The fourth-order valence-electron chi connectivity index (χ4n) is 1.50. The minimum absolute atomic E-state index is 0.0514. The summed E-state index contributed by atoms with van der Waals surface area (Å²) in [6.45, 7) is 5.06. The highest BCUT2D eigenvalue weighted by molar-refractivity contribution is 9.09. The highest BCUT2D eigenvalue weighted by Crippen LogP contribution is 2.30. The molecule has 1 heterocycles. The number of hydrogen-bond acceptors (Lipinski definition) is 4. The Balaban J connectivity index is 2.97. The summed E-state index contributed by atoms with van der Waals surface area (Å²) < 4.78 is 10.7. The molecular weight excluding hydrogens is 296 g/mol. The van der Waals surface area contributed by atoms with Crippen molar-refractivity contribution in [3.8, 4) is 11.5 Å². The average molecular weight is 317 g/mol. The highest BCUT2D eigenvalue weighted by Gasteiger charge is 2.24. The van der Waals surface area contributed by atoms with Gasteiger partial charge in [-0.05, 0) is 20.9 Å². The molecule has 0 bridgehead atoms. The third-order valence-electron chi connectivity index (χ3n) is 3.11. The van der Waals surface area contributed by atoms with Crippen LogP contribution in [0, 0.1) is 0 Å². The van der Waals surface area contributed by atoms with Crippen LogP contribution in [0.25, 0.3) is 0 Å². The summed E-state index contributed by atoms with van der Waals surface area (Å²) in [5.74, 6) is 1.42. The SMILES string of the molecule is COc1ccnc(CN(C)C(C)(C)CBr)c1OC. The second kappa shape index (κ2) is 6.38. The number of rotatable bonds is 6. The molecule has 0 aliphatic heterocycles. The number of alkyl halides is 1. The molecule has 4 nitrogen and oxygen atoms in total. The summed E-state index contributed by atoms with van der Waals surface area (Å²) in [5, 5.41) is 0.892. The third kappa shape index (κ3) is 3.36. The minimum Gasteiger partial charge on any atom is -0.493 e. The lowest BCUT2D eigenvalue weighted by atomic mass is 10.1. The van der Waals surface area contributed by atoms with Crippen molar-refractivity contribution in [2.75, 3.05) is 26.6 Å². The van der Waals surface area contributed by atoms with E-state index in [9.17, 15) is 0 Å². The third-order valence-corrected chi connectivity index (χ3v) is 4.49. The Labute approximate surface area is 117 Å². The summed E-state index contributed by atoms with van der Waals surface area (Å²) in [7, 11) is 5.34. The maximum atomic E-state index is 5.39. The molecule has 0 radical (unpaired) electrons. The smallest absolute Gasteiger partial charge is 0.183 e. The van der Waals surface area contributed by atoms with E-state index in [1.807, 2.05) is 0 Å². The Hall–Kier alpha value is -0.810. The van der Waals surface area contributed by atoms with Gasteiger partial charge in [-0.2, -0.15) is 0 Å². The van der Waals surface area contributed by atoms with Gasteiger partial charge in [-0.3, -0.25) is 9.88 Å². The second-order valence-corrected chi connectivity index (χ2v) is 5.36. The van der Waals surface area contributed by atoms with E-state index in [1.54, 1.807) is 26.5 Å². The molecule has 0 aliphatic rings. The maximum Gasteiger partial charge on any atom is 0.183 e. The lowest BCUT2D eigenvalue weighted by Gasteiger charge is -2.34. The monoisotopic (exact) mass is 316 g/mol. The molecule has 5 heteroatoms. The summed E-state index contributed by atoms with van der Waals surface area (Å²) >= 11 is 3.53. The second-order valence-electron chi connectivity index (χ2n) is 4.80. The maximum absolute atomic E-state index is 5.39. The molecule has 0 spiro atoms. The van der Waals surface area contributed by atoms with Gasteiger partial charge >= 0.3 is 0 Å². The van der Waals surface area contributed by atoms with Gasteiger partial charge in [-0.25, -0.2) is 0 Å². The number of halogens is 1. The van der Waals surface area contributed by atoms with Crippen LogP contribution < -0.4 is 9.47 Å². The number of aromatic nitrogens is 1. The summed E-state index contributed by atoms with van der Waals surface area (Å²) in [5.41, 5.74) is 0.934. The van der Waals surface area contributed by atoms with Gasteiger partial charge in [-0.15, -0.1) is 0 Å². The van der Waals surface area contributed by atoms with Crippen molar-refractivity contribution in [3.05, 3.63) is 18.0 Å². The van der Waals surface area contributed by atoms with Crippen molar-refractivity contribution in [2.24, 2.45) is 0 Å². The summed E-state index contributed by atoms with van der Waals surface area (Å²) in [4.78, 5) is 6.61. The topological polar surface area (TPSA) is 34.6 Å². The highest BCUT2D eigenvalue weighted by atomic mass is 79.9. The molecule has 0 amide bonds. The molecule has 1 rings (SSSR count). The molecule has 0 unspecified atom stereocenters. The van der Waals surface area contributed by atoms with Gasteiger partial charge in [-0.1, -0.05) is 15.9 Å². The molecule has 0 aliphatic carbocycles. The van der Waals surface area contributed by atoms with Crippen LogP contribution in [0.1, 0.15) is 19.5 Å². The first-order chi connectivity index (χ1) is 8.46. The molecular formula is C13H21BrN2O2. The quantitative estimate of drug-likeness (QED) is 0.756. The van der Waals surface area contributed by atoms with E-state index in [4.69, 9.17) is 9.47 Å². The van der Waals surface area contributed by atoms with Gasteiger partial charge in [0.1, 0.15) is 5.69 Å². The van der Waals surface area contributed by atoms with Crippen LogP contribution in [0.2, 0.25) is 0 Å². The van der Waals surface area contributed by atoms with E-state index in [1.165, 1.54) is 0 Å². The van der Waals surface area contributed by atoms with Gasteiger partial charge < -0.3 is 9.47 Å². The van der Waals surface area contributed by atoms with Crippen LogP contribution in [-0.4, -0.2) is 42.0 Å². The first kappa shape index (κ1) is 15.2. The number of pyridine rings is 1. The molecule has 18 heavy (non-hydrogen) atoms. The molecule has 0 saturated heterocycles. The van der Waals surface area contributed by atoms with Crippen molar-refractivity contribution < 1.29 is 9.47 Å². The van der Waals surface area contributed by atoms with Gasteiger partial charge in [0.2, 0.25) is 0 Å². The Kier molecular flexibility index (Phi) is 5.41. The zero-order valence-electron chi connectivity index (χ0n) is 11.7. The molecule has 0 saturated carbocycles. The van der Waals surface area contributed by atoms with E-state index >= 15 is 0 Å². The summed E-state index contributed by atoms with van der Waals surface area (Å²) in [6, 6.07) is 1.80. The van der Waals surface area contributed by atoms with Crippen LogP contribution in [0.3, 0.4) is 0 Å². The lowest BCUT2D eigenvalue weighted by Crippen LogP contribution is -2.42. The van der Waals surface area contributed by atoms with Crippen LogP contribution in [0.15, 0.2) is 12.3 Å². The van der Waals surface area contributed by atoms with E-state index in [-0.39, 0.29) is 5.54 Å². The number of nitrogens with zero attached hydrogens (tertiary/aromatic N) is 2. The van der Waals surface area contributed by atoms with Crippen LogP contribution in [0.5, 0.6) is 11.5 Å². The van der Waals surface area contributed by atoms with E-state index in [2.05, 4.69) is 46.7 Å². The van der Waals surface area contributed by atoms with Crippen LogP contribution in [0.4, 0.5) is 0 Å². The fraction of sp³-hybridized carbons (Fsp3) is 0.615. The van der Waals surface area contributed by atoms with Crippen molar-refractivity contribution in [2.45, 2.75) is 25.9 Å². The molecule has 1 aromatic rings. The van der Waals surface area contributed by atoms with Gasteiger partial charge in [0.15, 0.2) is 11.5 Å². The predicted molar refractivity (Wildman–Crippen MR) is 76.7 cm³/mol. The zero-order valence-corrected chi connectivity index (χ0v) is 13.2. The van der Waals surface area contributed by atoms with Crippen LogP contribution >= 0.6 is 15.9 Å². The molecule has 1 aromatic heterocycles. The fourth-order valence-corrected chi connectivity index (χ4v) is 1.93. The first-order valence-electron chi connectivity index (χ1n) is 5.79. The van der Waals surface area contributed by atoms with Gasteiger partial charge in [0.25, 0.3) is 0 Å². The Morgan fingerprint density at radius 1 is 1.33 bits per heavy atom. The van der Waals surface area contributed by atoms with Gasteiger partial charge in [0.05, 0.1) is 14.2 Å². The Bertz CT molecular complexity index is 397. The normalized spacial score (nSPS) is 11.7. The number of ether oxygens (including phenoxy) is 2. The van der Waals surface area contributed by atoms with E-state index in [0.29, 0.717) is 18.0 Å². The zero-order chi connectivity index (χ0) is 13.8. The number of methoxy groups -OCH3 is 2. The lowest BCUT2D eigenvalue weighted by molar-refractivity contribution is 0.169. The van der Waals surface area contributed by atoms with Gasteiger partial charge in [0, 0.05) is 29.7 Å². The standard InChI is InChI=1S/C13H21BrN2O2/c1-13(2,9-14)16(3)8-10-12(18-5)11(17-4)6-7-15-10/h6-7H,8-9H2,1-5H3. The average Bonchev–Trinajstić information content (AvgIpc) is 2.38. The predicted octanol–water partition coefficient (Wildman–Crippen LogP) is 2.70. The van der Waals surface area contributed by atoms with Crippen molar-refractivity contribution in [1.29, 1.82) is 0 Å². The molecule has 0 aromatic carbocycles. The molecule has 0 N–H and O–H groups in total. The summed E-state index contributed by atoms with van der Waals surface area (Å²) in [6.07, 6.45) is 1.74. The van der Waals surface area contributed by atoms with Crippen molar-refractivity contribution in [3.63, 3.8) is 0 Å². The largest absolute Gasteiger partial charge is 0.493 e. The Morgan fingerprint density at radius 3 is 2.50 bits per heavy atom. The van der Waals surface area contributed by atoms with Crippen LogP contribution in [-0.2, 0) is 6.54 Å². The van der Waals surface area contributed by atoms with E-state index in [0.717, 1.165) is 11.0 Å². The van der Waals surface area contributed by atoms with E-state index < -0.39 is 0 Å². The minimum atomic E-state index is 0.0514. The van der Waals surface area contributed by atoms with Crippen molar-refractivity contribution >= 4 is 15.9 Å². The van der Waals surface area contributed by atoms with Crippen molar-refractivity contribution in [1.82, 2.24) is 9.88 Å². The molecule has 102 valence electrons. The molecule has 0 fully saturated rings. The molecule has 0 atom stereocenters.